The molecule has 0 aliphatic rings. The lowest BCUT2D eigenvalue weighted by atomic mass is 10.1. The average molecular weight is 409 g/mol. The van der Waals surface area contributed by atoms with Crippen LogP contribution in [0.25, 0.3) is 16.7 Å². The maximum Gasteiger partial charge on any atom is 0.313 e. The van der Waals surface area contributed by atoms with Gasteiger partial charge in [-0.3, -0.25) is 14.2 Å². The van der Waals surface area contributed by atoms with Gasteiger partial charge in [0.25, 0.3) is 0 Å². The van der Waals surface area contributed by atoms with Crippen LogP contribution in [0.15, 0.2) is 42.5 Å². The van der Waals surface area contributed by atoms with Crippen molar-refractivity contribution in [3.05, 3.63) is 53.9 Å². The van der Waals surface area contributed by atoms with Gasteiger partial charge in [0, 0.05) is 12.6 Å². The molecule has 0 bridgehead atoms. The Hall–Kier alpha value is -3.35. The number of hydrogen-bond donors (Lipinski definition) is 2. The molecule has 30 heavy (non-hydrogen) atoms. The third-order valence-corrected chi connectivity index (χ3v) is 4.85. The summed E-state index contributed by atoms with van der Waals surface area (Å²) >= 11 is 0. The maximum absolute atomic E-state index is 12.1. The van der Waals surface area contributed by atoms with Gasteiger partial charge in [-0.2, -0.15) is 0 Å². The van der Waals surface area contributed by atoms with Crippen LogP contribution >= 0.6 is 0 Å². The number of nitrogens with zero attached hydrogens (tertiary/aromatic N) is 2. The number of unbranched alkanes of at least 4 members (excludes halogenated alkanes) is 2. The first-order valence-electron chi connectivity index (χ1n) is 10.2. The number of phenolic OH excluding ortho intramolecular Hbond substituents is 1. The lowest BCUT2D eigenvalue weighted by Gasteiger charge is -2.10. The number of carbonyl (C=O) groups excluding carboxylic acids is 2. The third-order valence-electron chi connectivity index (χ3n) is 4.85. The monoisotopic (exact) mass is 409 g/mol. The zero-order chi connectivity index (χ0) is 21.3. The highest BCUT2D eigenvalue weighted by Crippen LogP contribution is 2.26. The third kappa shape index (κ3) is 5.37. The summed E-state index contributed by atoms with van der Waals surface area (Å²) in [4.78, 5) is 27.1. The molecule has 1 amide bonds. The van der Waals surface area contributed by atoms with Gasteiger partial charge in [0.05, 0.1) is 23.3 Å². The van der Waals surface area contributed by atoms with Crippen LogP contribution in [0.5, 0.6) is 5.75 Å². The fraction of sp³-hybridized carbons (Fsp3) is 0.348. The molecule has 7 heteroatoms. The van der Waals surface area contributed by atoms with Crippen LogP contribution < -0.4 is 5.32 Å². The van der Waals surface area contributed by atoms with Gasteiger partial charge in [-0.25, -0.2) is 4.98 Å². The Morgan fingerprint density at radius 3 is 2.83 bits per heavy atom. The maximum atomic E-state index is 12.1. The van der Waals surface area contributed by atoms with E-state index in [2.05, 4.69) is 11.4 Å². The summed E-state index contributed by atoms with van der Waals surface area (Å²) in [7, 11) is 0. The Morgan fingerprint density at radius 1 is 1.20 bits per heavy atom. The van der Waals surface area contributed by atoms with E-state index in [1.165, 1.54) is 5.56 Å². The molecule has 3 aromatic rings. The van der Waals surface area contributed by atoms with Crippen LogP contribution in [0.2, 0.25) is 0 Å². The molecule has 3 rings (SSSR count). The van der Waals surface area contributed by atoms with Gasteiger partial charge in [0.15, 0.2) is 0 Å². The standard InChI is InChI=1S/C23H27N3O4/c1-2-30-23(29)15-22-25-20-13-17(7-4-3-5-12-24-16-27)10-11-21(20)26(22)18-8-6-9-19(28)14-18/h6,8-11,13-14,16,28H,2-5,7,12,15H2,1H3,(H,24,27). The lowest BCUT2D eigenvalue weighted by Crippen LogP contribution is -2.12. The second-order valence-electron chi connectivity index (χ2n) is 7.07. The van der Waals surface area contributed by atoms with E-state index in [0.29, 0.717) is 19.0 Å². The molecule has 1 heterocycles. The number of aryl methyl sites for hydroxylation is 1. The quantitative estimate of drug-likeness (QED) is 0.288. The Balaban J connectivity index is 1.86. The summed E-state index contributed by atoms with van der Waals surface area (Å²) in [6.45, 7) is 2.79. The van der Waals surface area contributed by atoms with Gasteiger partial charge in [0.2, 0.25) is 6.41 Å². The lowest BCUT2D eigenvalue weighted by molar-refractivity contribution is -0.142. The van der Waals surface area contributed by atoms with Crippen molar-refractivity contribution in [3.8, 4) is 11.4 Å². The molecule has 158 valence electrons. The predicted molar refractivity (Wildman–Crippen MR) is 115 cm³/mol. The second kappa shape index (κ2) is 10.4. The first-order valence-corrected chi connectivity index (χ1v) is 10.2. The van der Waals surface area contributed by atoms with Crippen LogP contribution in [0.3, 0.4) is 0 Å². The van der Waals surface area contributed by atoms with Gasteiger partial charge in [-0.05, 0) is 56.0 Å². The number of esters is 1. The molecular formula is C23H27N3O4. The van der Waals surface area contributed by atoms with E-state index >= 15 is 0 Å². The summed E-state index contributed by atoms with van der Waals surface area (Å²) in [5.74, 6) is 0.390. The molecule has 0 saturated carbocycles. The molecule has 0 saturated heterocycles. The van der Waals surface area contributed by atoms with Crippen molar-refractivity contribution >= 4 is 23.4 Å². The Bertz CT molecular complexity index is 1010. The number of aromatic hydroxyl groups is 1. The zero-order valence-electron chi connectivity index (χ0n) is 17.1. The first kappa shape index (κ1) is 21.4. The molecule has 2 N–H and O–H groups in total. The smallest absolute Gasteiger partial charge is 0.313 e. The minimum absolute atomic E-state index is 0.0528. The van der Waals surface area contributed by atoms with Crippen molar-refractivity contribution in [2.45, 2.75) is 39.0 Å². The number of imidazole rings is 1. The van der Waals surface area contributed by atoms with Gasteiger partial charge in [0.1, 0.15) is 18.0 Å². The van der Waals surface area contributed by atoms with Crippen molar-refractivity contribution in [3.63, 3.8) is 0 Å². The summed E-state index contributed by atoms with van der Waals surface area (Å²) in [6.07, 6.45) is 4.71. The normalized spacial score (nSPS) is 10.8. The number of phenols is 1. The number of fused-ring (bicyclic) bond motifs is 1. The number of aromatic nitrogens is 2. The molecule has 2 aromatic carbocycles. The van der Waals surface area contributed by atoms with E-state index in [4.69, 9.17) is 9.72 Å². The summed E-state index contributed by atoms with van der Waals surface area (Å²) in [6, 6.07) is 13.0. The van der Waals surface area contributed by atoms with Crippen LogP contribution in [-0.2, 0) is 27.2 Å². The topological polar surface area (TPSA) is 93.5 Å². The molecule has 1 aromatic heterocycles. The molecule has 7 nitrogen and oxygen atoms in total. The second-order valence-corrected chi connectivity index (χ2v) is 7.07. The number of benzene rings is 2. The van der Waals surface area contributed by atoms with E-state index in [1.54, 1.807) is 25.1 Å². The Kier molecular flexibility index (Phi) is 7.43. The van der Waals surface area contributed by atoms with Crippen molar-refractivity contribution in [1.82, 2.24) is 14.9 Å². The molecule has 0 unspecified atom stereocenters. The average Bonchev–Trinajstić information content (AvgIpc) is 3.07. The van der Waals surface area contributed by atoms with E-state index in [9.17, 15) is 14.7 Å². The highest BCUT2D eigenvalue weighted by Gasteiger charge is 2.17. The highest BCUT2D eigenvalue weighted by atomic mass is 16.5. The van der Waals surface area contributed by atoms with Crippen LogP contribution in [0, 0.1) is 0 Å². The molecule has 0 aliphatic heterocycles. The van der Waals surface area contributed by atoms with Crippen molar-refractivity contribution in [2.75, 3.05) is 13.2 Å². The molecular weight excluding hydrogens is 382 g/mol. The number of amides is 1. The molecule has 0 atom stereocenters. The fourth-order valence-electron chi connectivity index (χ4n) is 3.50. The van der Waals surface area contributed by atoms with Gasteiger partial charge in [-0.15, -0.1) is 0 Å². The van der Waals surface area contributed by atoms with E-state index < -0.39 is 0 Å². The summed E-state index contributed by atoms with van der Waals surface area (Å²) < 4.78 is 6.99. The Labute approximate surface area is 175 Å². The molecule has 0 radical (unpaired) electrons. The van der Waals surface area contributed by atoms with E-state index in [-0.39, 0.29) is 18.1 Å². The van der Waals surface area contributed by atoms with Crippen molar-refractivity contribution in [2.24, 2.45) is 0 Å². The number of rotatable bonds is 11. The highest BCUT2D eigenvalue weighted by molar-refractivity contribution is 5.81. The van der Waals surface area contributed by atoms with Gasteiger partial charge >= 0.3 is 5.97 Å². The number of nitrogens with one attached hydrogen (secondary N) is 1. The SMILES string of the molecule is CCOC(=O)Cc1nc2cc(CCCCCNC=O)ccc2n1-c1cccc(O)c1. The minimum atomic E-state index is -0.335. The van der Waals surface area contributed by atoms with Crippen LogP contribution in [0.4, 0.5) is 0 Å². The predicted octanol–water partition coefficient (Wildman–Crippen LogP) is 3.30. The summed E-state index contributed by atoms with van der Waals surface area (Å²) in [5, 5.41) is 12.6. The first-order chi connectivity index (χ1) is 14.6. The Morgan fingerprint density at radius 2 is 2.07 bits per heavy atom. The van der Waals surface area contributed by atoms with Gasteiger partial charge in [-0.1, -0.05) is 18.6 Å². The van der Waals surface area contributed by atoms with E-state index in [0.717, 1.165) is 48.8 Å². The number of hydrogen-bond acceptors (Lipinski definition) is 5. The fourth-order valence-corrected chi connectivity index (χ4v) is 3.50. The van der Waals surface area contributed by atoms with Gasteiger partial charge < -0.3 is 15.2 Å². The summed E-state index contributed by atoms with van der Waals surface area (Å²) in [5.41, 5.74) is 3.60. The molecule has 0 spiro atoms. The molecule has 0 aliphatic carbocycles. The minimum Gasteiger partial charge on any atom is -0.508 e. The van der Waals surface area contributed by atoms with E-state index in [1.807, 2.05) is 22.8 Å². The number of carbonyl (C=O) groups is 2. The zero-order valence-corrected chi connectivity index (χ0v) is 17.1. The molecule has 0 fully saturated rings. The van der Waals surface area contributed by atoms with Crippen molar-refractivity contribution in [1.29, 1.82) is 0 Å². The van der Waals surface area contributed by atoms with Crippen LogP contribution in [-0.4, -0.2) is 40.2 Å². The van der Waals surface area contributed by atoms with Crippen LogP contribution in [0.1, 0.15) is 37.6 Å². The largest absolute Gasteiger partial charge is 0.508 e. The van der Waals surface area contributed by atoms with Crippen molar-refractivity contribution < 1.29 is 19.4 Å². The number of ether oxygens (including phenoxy) is 1.